The summed E-state index contributed by atoms with van der Waals surface area (Å²) in [6.45, 7) is 1.72. The number of carboxylic acids is 1. The van der Waals surface area contributed by atoms with Gasteiger partial charge in [0.05, 0.1) is 7.11 Å². The summed E-state index contributed by atoms with van der Waals surface area (Å²) in [7, 11) is 1.59. The number of carboxylic acid groups (broad SMARTS) is 1. The number of benzene rings is 1. The summed E-state index contributed by atoms with van der Waals surface area (Å²) >= 11 is 0. The lowest BCUT2D eigenvalue weighted by molar-refractivity contribution is -0.156. The van der Waals surface area contributed by atoms with E-state index in [0.717, 1.165) is 11.3 Å². The number of aliphatic carboxylic acids is 1. The maximum atomic E-state index is 10.7. The van der Waals surface area contributed by atoms with Gasteiger partial charge in [-0.1, -0.05) is 12.1 Å². The van der Waals surface area contributed by atoms with Crippen LogP contribution in [0.3, 0.4) is 0 Å². The van der Waals surface area contributed by atoms with Crippen LogP contribution in [0, 0.1) is 0 Å². The van der Waals surface area contributed by atoms with Crippen LogP contribution in [0.5, 0.6) is 5.75 Å². The highest BCUT2D eigenvalue weighted by molar-refractivity contribution is 5.76. The third-order valence-corrected chi connectivity index (χ3v) is 2.39. The fourth-order valence-electron chi connectivity index (χ4n) is 1.31. The highest BCUT2D eigenvalue weighted by Gasteiger charge is 2.28. The van der Waals surface area contributed by atoms with Gasteiger partial charge in [0, 0.05) is 13.1 Å². The summed E-state index contributed by atoms with van der Waals surface area (Å²) in [6.07, 6.45) is 0. The molecule has 0 aliphatic rings. The number of aliphatic hydroxyl groups is 1. The van der Waals surface area contributed by atoms with Gasteiger partial charge >= 0.3 is 5.97 Å². The van der Waals surface area contributed by atoms with Crippen molar-refractivity contribution >= 4 is 5.97 Å². The second-order valence-corrected chi connectivity index (χ2v) is 4.03. The summed E-state index contributed by atoms with van der Waals surface area (Å²) in [4.78, 5) is 10.7. The lowest BCUT2D eigenvalue weighted by Gasteiger charge is -2.18. The van der Waals surface area contributed by atoms with Crippen LogP contribution in [-0.4, -0.2) is 35.4 Å². The van der Waals surface area contributed by atoms with Crippen molar-refractivity contribution in [3.05, 3.63) is 29.8 Å². The Labute approximate surface area is 100 Å². The standard InChI is InChI=1S/C12H17NO4/c1-12(16,11(14)15)8-13-7-9-4-3-5-10(6-9)17-2/h3-6,13,16H,7-8H2,1-2H3,(H,14,15). The zero-order valence-corrected chi connectivity index (χ0v) is 9.93. The first-order chi connectivity index (χ1) is 7.95. The maximum Gasteiger partial charge on any atom is 0.336 e. The molecule has 0 aromatic heterocycles. The molecule has 0 saturated heterocycles. The van der Waals surface area contributed by atoms with E-state index >= 15 is 0 Å². The summed E-state index contributed by atoms with van der Waals surface area (Å²) in [5, 5.41) is 21.1. The lowest BCUT2D eigenvalue weighted by Crippen LogP contribution is -2.44. The Hall–Kier alpha value is -1.59. The molecule has 0 spiro atoms. The predicted octanol–water partition coefficient (Wildman–Crippen LogP) is 0.620. The zero-order valence-electron chi connectivity index (χ0n) is 9.93. The van der Waals surface area contributed by atoms with Crippen LogP contribution in [0.4, 0.5) is 0 Å². The fourth-order valence-corrected chi connectivity index (χ4v) is 1.31. The average Bonchev–Trinajstić information content (AvgIpc) is 2.29. The molecule has 0 fully saturated rings. The second-order valence-electron chi connectivity index (χ2n) is 4.03. The van der Waals surface area contributed by atoms with Crippen molar-refractivity contribution in [1.29, 1.82) is 0 Å². The van der Waals surface area contributed by atoms with Crippen molar-refractivity contribution in [2.75, 3.05) is 13.7 Å². The molecule has 0 aliphatic heterocycles. The Morgan fingerprint density at radius 3 is 2.82 bits per heavy atom. The highest BCUT2D eigenvalue weighted by Crippen LogP contribution is 2.12. The van der Waals surface area contributed by atoms with Gasteiger partial charge in [-0.25, -0.2) is 4.79 Å². The van der Waals surface area contributed by atoms with Gasteiger partial charge in [0.2, 0.25) is 0 Å². The predicted molar refractivity (Wildman–Crippen MR) is 63.0 cm³/mol. The van der Waals surface area contributed by atoms with Gasteiger partial charge in [0.25, 0.3) is 0 Å². The van der Waals surface area contributed by atoms with Gasteiger partial charge in [-0.05, 0) is 24.6 Å². The minimum absolute atomic E-state index is 0.0143. The fraction of sp³-hybridized carbons (Fsp3) is 0.417. The summed E-state index contributed by atoms with van der Waals surface area (Å²) in [5.41, 5.74) is -0.788. The van der Waals surface area contributed by atoms with Crippen LogP contribution in [0.1, 0.15) is 12.5 Å². The van der Waals surface area contributed by atoms with Crippen LogP contribution in [0.25, 0.3) is 0 Å². The smallest absolute Gasteiger partial charge is 0.336 e. The van der Waals surface area contributed by atoms with Gasteiger partial charge < -0.3 is 20.3 Å². The normalized spacial score (nSPS) is 14.1. The van der Waals surface area contributed by atoms with Gasteiger partial charge in [0.1, 0.15) is 5.75 Å². The molecular weight excluding hydrogens is 222 g/mol. The molecule has 5 nitrogen and oxygen atoms in total. The van der Waals surface area contributed by atoms with Gasteiger partial charge in [-0.2, -0.15) is 0 Å². The molecule has 0 amide bonds. The molecule has 1 atom stereocenters. The number of nitrogens with one attached hydrogen (secondary N) is 1. The van der Waals surface area contributed by atoms with Gasteiger partial charge in [0.15, 0.2) is 5.60 Å². The van der Waals surface area contributed by atoms with E-state index in [1.807, 2.05) is 24.3 Å². The Morgan fingerprint density at radius 1 is 1.53 bits per heavy atom. The minimum Gasteiger partial charge on any atom is -0.497 e. The molecular formula is C12H17NO4. The molecule has 0 aliphatic carbocycles. The van der Waals surface area contributed by atoms with Crippen LogP contribution in [0.15, 0.2) is 24.3 Å². The van der Waals surface area contributed by atoms with E-state index in [1.54, 1.807) is 7.11 Å². The molecule has 3 N–H and O–H groups in total. The number of rotatable bonds is 6. The van der Waals surface area contributed by atoms with Crippen LogP contribution < -0.4 is 10.1 Å². The summed E-state index contributed by atoms with van der Waals surface area (Å²) in [6, 6.07) is 7.43. The lowest BCUT2D eigenvalue weighted by atomic mass is 10.1. The molecule has 1 unspecified atom stereocenters. The Kier molecular flexibility index (Phi) is 4.48. The molecule has 1 aromatic rings. The first-order valence-corrected chi connectivity index (χ1v) is 5.25. The summed E-state index contributed by atoms with van der Waals surface area (Å²) < 4.78 is 5.07. The van der Waals surface area contributed by atoms with Crippen LogP contribution in [0.2, 0.25) is 0 Å². The van der Waals surface area contributed by atoms with E-state index in [1.165, 1.54) is 6.92 Å². The highest BCUT2D eigenvalue weighted by atomic mass is 16.5. The third kappa shape index (κ3) is 4.05. The first-order valence-electron chi connectivity index (χ1n) is 5.25. The molecule has 1 rings (SSSR count). The van der Waals surface area contributed by atoms with Crippen LogP contribution in [-0.2, 0) is 11.3 Å². The number of carbonyl (C=O) groups is 1. The van der Waals surface area contributed by atoms with Crippen molar-refractivity contribution in [3.8, 4) is 5.75 Å². The van der Waals surface area contributed by atoms with E-state index in [9.17, 15) is 9.90 Å². The molecule has 0 saturated carbocycles. The van der Waals surface area contributed by atoms with E-state index in [2.05, 4.69) is 5.32 Å². The topological polar surface area (TPSA) is 78.8 Å². The first kappa shape index (κ1) is 13.5. The number of hydrogen-bond acceptors (Lipinski definition) is 4. The molecule has 1 aromatic carbocycles. The van der Waals surface area contributed by atoms with Gasteiger partial charge in [-0.3, -0.25) is 0 Å². The van der Waals surface area contributed by atoms with Crippen LogP contribution >= 0.6 is 0 Å². The molecule has 0 bridgehead atoms. The van der Waals surface area contributed by atoms with E-state index in [0.29, 0.717) is 6.54 Å². The van der Waals surface area contributed by atoms with Crippen molar-refractivity contribution in [3.63, 3.8) is 0 Å². The van der Waals surface area contributed by atoms with Crippen molar-refractivity contribution in [2.24, 2.45) is 0 Å². The van der Waals surface area contributed by atoms with E-state index in [-0.39, 0.29) is 6.54 Å². The molecule has 0 heterocycles. The van der Waals surface area contributed by atoms with Gasteiger partial charge in [-0.15, -0.1) is 0 Å². The van der Waals surface area contributed by atoms with Crippen molar-refractivity contribution < 1.29 is 19.7 Å². The molecule has 94 valence electrons. The van der Waals surface area contributed by atoms with E-state index < -0.39 is 11.6 Å². The average molecular weight is 239 g/mol. The zero-order chi connectivity index (χ0) is 12.9. The molecule has 17 heavy (non-hydrogen) atoms. The monoisotopic (exact) mass is 239 g/mol. The third-order valence-electron chi connectivity index (χ3n) is 2.39. The van der Waals surface area contributed by atoms with Crippen molar-refractivity contribution in [1.82, 2.24) is 5.32 Å². The molecule has 0 radical (unpaired) electrons. The Balaban J connectivity index is 2.48. The second kappa shape index (κ2) is 5.65. The minimum atomic E-state index is -1.75. The number of ether oxygens (including phenoxy) is 1. The quantitative estimate of drug-likeness (QED) is 0.678. The van der Waals surface area contributed by atoms with E-state index in [4.69, 9.17) is 9.84 Å². The number of hydrogen-bond donors (Lipinski definition) is 3. The Morgan fingerprint density at radius 2 is 2.24 bits per heavy atom. The maximum absolute atomic E-state index is 10.7. The van der Waals surface area contributed by atoms with Crippen molar-refractivity contribution in [2.45, 2.75) is 19.1 Å². The SMILES string of the molecule is COc1cccc(CNCC(C)(O)C(=O)O)c1. The largest absolute Gasteiger partial charge is 0.497 e. The summed E-state index contributed by atoms with van der Waals surface area (Å²) in [5.74, 6) is -0.495. The Bertz CT molecular complexity index is 390. The number of methoxy groups -OCH3 is 1. The molecule has 5 heteroatoms.